The predicted molar refractivity (Wildman–Crippen MR) is 112 cm³/mol. The quantitative estimate of drug-likeness (QED) is 0.779. The number of hydrogen-bond acceptors (Lipinski definition) is 2. The number of rotatable bonds is 7. The molecule has 1 aromatic rings. The highest BCUT2D eigenvalue weighted by atomic mass is 16.2. The average molecular weight is 386 g/mol. The third-order valence-corrected chi connectivity index (χ3v) is 6.06. The molecule has 0 saturated carbocycles. The van der Waals surface area contributed by atoms with Gasteiger partial charge in [-0.15, -0.1) is 0 Å². The lowest BCUT2D eigenvalue weighted by Gasteiger charge is -2.32. The molecule has 1 aromatic carbocycles. The number of carbonyl (C=O) groups excluding carboxylic acids is 2. The number of nitrogens with one attached hydrogen (secondary N) is 1. The number of carbonyl (C=O) groups is 2. The van der Waals surface area contributed by atoms with Gasteiger partial charge < -0.3 is 15.1 Å². The van der Waals surface area contributed by atoms with Crippen LogP contribution >= 0.6 is 0 Å². The average Bonchev–Trinajstić information content (AvgIpc) is 3.27. The SMILES string of the molecule is CCCNC(=O)N1CCC(Cc2ccc(CCC(=O)N3CCCC3)cc2)CC1. The van der Waals surface area contributed by atoms with Gasteiger partial charge in [-0.05, 0) is 62.0 Å². The third-order valence-electron chi connectivity index (χ3n) is 6.06. The molecule has 0 aromatic heterocycles. The smallest absolute Gasteiger partial charge is 0.317 e. The first kappa shape index (κ1) is 20.7. The van der Waals surface area contributed by atoms with Crippen LogP contribution in [0.2, 0.25) is 0 Å². The van der Waals surface area contributed by atoms with Gasteiger partial charge in [0.15, 0.2) is 0 Å². The van der Waals surface area contributed by atoms with Crippen LogP contribution in [0.4, 0.5) is 4.79 Å². The van der Waals surface area contributed by atoms with Gasteiger partial charge in [-0.25, -0.2) is 4.79 Å². The number of likely N-dealkylation sites (tertiary alicyclic amines) is 2. The highest BCUT2D eigenvalue weighted by molar-refractivity contribution is 5.76. The molecule has 3 rings (SSSR count). The van der Waals surface area contributed by atoms with Crippen LogP contribution in [0.25, 0.3) is 0 Å². The molecular formula is C23H35N3O2. The van der Waals surface area contributed by atoms with Gasteiger partial charge >= 0.3 is 6.03 Å². The molecule has 0 bridgehead atoms. The van der Waals surface area contributed by atoms with Crippen molar-refractivity contribution < 1.29 is 9.59 Å². The summed E-state index contributed by atoms with van der Waals surface area (Å²) in [5.74, 6) is 0.953. The molecule has 0 unspecified atom stereocenters. The molecule has 2 aliphatic heterocycles. The molecule has 2 saturated heterocycles. The Balaban J connectivity index is 1.38. The highest BCUT2D eigenvalue weighted by Gasteiger charge is 2.22. The van der Waals surface area contributed by atoms with Crippen molar-refractivity contribution in [1.29, 1.82) is 0 Å². The Kier molecular flexibility index (Phi) is 7.75. The Hall–Kier alpha value is -2.04. The van der Waals surface area contributed by atoms with Crippen LogP contribution in [0.3, 0.4) is 0 Å². The van der Waals surface area contributed by atoms with E-state index in [9.17, 15) is 9.59 Å². The molecule has 0 atom stereocenters. The van der Waals surface area contributed by atoms with Gasteiger partial charge in [0.05, 0.1) is 0 Å². The number of nitrogens with zero attached hydrogens (tertiary/aromatic N) is 2. The van der Waals surface area contributed by atoms with Crippen LogP contribution in [0.1, 0.15) is 56.6 Å². The lowest BCUT2D eigenvalue weighted by Crippen LogP contribution is -2.44. The van der Waals surface area contributed by atoms with Crippen molar-refractivity contribution in [3.63, 3.8) is 0 Å². The zero-order chi connectivity index (χ0) is 19.8. The summed E-state index contributed by atoms with van der Waals surface area (Å²) in [6.45, 7) is 6.43. The Labute approximate surface area is 169 Å². The fourth-order valence-electron chi connectivity index (χ4n) is 4.24. The largest absolute Gasteiger partial charge is 0.343 e. The molecule has 2 heterocycles. The Morgan fingerprint density at radius 1 is 0.964 bits per heavy atom. The summed E-state index contributed by atoms with van der Waals surface area (Å²) in [7, 11) is 0. The number of urea groups is 1. The summed E-state index contributed by atoms with van der Waals surface area (Å²) in [5, 5.41) is 2.97. The maximum Gasteiger partial charge on any atom is 0.317 e. The van der Waals surface area contributed by atoms with Crippen molar-refractivity contribution in [2.45, 2.75) is 58.3 Å². The van der Waals surface area contributed by atoms with Gasteiger partial charge in [0.1, 0.15) is 0 Å². The first-order valence-electron chi connectivity index (χ1n) is 11.0. The molecular weight excluding hydrogens is 350 g/mol. The third kappa shape index (κ3) is 5.98. The zero-order valence-electron chi connectivity index (χ0n) is 17.3. The van der Waals surface area contributed by atoms with Crippen LogP contribution < -0.4 is 5.32 Å². The lowest BCUT2D eigenvalue weighted by molar-refractivity contribution is -0.130. The van der Waals surface area contributed by atoms with Crippen LogP contribution in [-0.2, 0) is 17.6 Å². The van der Waals surface area contributed by atoms with Gasteiger partial charge in [0.2, 0.25) is 5.91 Å². The second kappa shape index (κ2) is 10.5. The molecule has 0 spiro atoms. The molecule has 154 valence electrons. The van der Waals surface area contributed by atoms with Gasteiger partial charge in [-0.3, -0.25) is 4.79 Å². The van der Waals surface area contributed by atoms with E-state index in [-0.39, 0.29) is 6.03 Å². The van der Waals surface area contributed by atoms with Gasteiger partial charge in [-0.2, -0.15) is 0 Å². The maximum absolute atomic E-state index is 12.2. The minimum absolute atomic E-state index is 0.0909. The summed E-state index contributed by atoms with van der Waals surface area (Å²) >= 11 is 0. The molecule has 5 nitrogen and oxygen atoms in total. The van der Waals surface area contributed by atoms with Crippen LogP contribution in [0, 0.1) is 5.92 Å². The topological polar surface area (TPSA) is 52.7 Å². The summed E-state index contributed by atoms with van der Waals surface area (Å²) < 4.78 is 0. The maximum atomic E-state index is 12.2. The van der Waals surface area contributed by atoms with Crippen molar-refractivity contribution in [1.82, 2.24) is 15.1 Å². The molecule has 2 fully saturated rings. The van der Waals surface area contributed by atoms with E-state index in [2.05, 4.69) is 36.5 Å². The van der Waals surface area contributed by atoms with E-state index in [0.29, 0.717) is 18.2 Å². The van der Waals surface area contributed by atoms with Crippen LogP contribution in [0.15, 0.2) is 24.3 Å². The normalized spacial score (nSPS) is 17.8. The highest BCUT2D eigenvalue weighted by Crippen LogP contribution is 2.22. The van der Waals surface area contributed by atoms with Crippen molar-refractivity contribution >= 4 is 11.9 Å². The summed E-state index contributed by atoms with van der Waals surface area (Å²) in [4.78, 5) is 28.2. The monoisotopic (exact) mass is 385 g/mol. The van der Waals surface area contributed by atoms with E-state index in [1.807, 2.05) is 9.80 Å². The predicted octanol–water partition coefficient (Wildman–Crippen LogP) is 3.62. The first-order chi connectivity index (χ1) is 13.7. The van der Waals surface area contributed by atoms with Crippen molar-refractivity contribution in [2.75, 3.05) is 32.7 Å². The zero-order valence-corrected chi connectivity index (χ0v) is 17.3. The standard InChI is InChI=1S/C23H35N3O2/c1-2-13-24-23(28)26-16-11-21(12-17-26)18-20-7-5-19(6-8-20)9-10-22(27)25-14-3-4-15-25/h5-8,21H,2-4,9-18H2,1H3,(H,24,28). The van der Waals surface area contributed by atoms with E-state index in [0.717, 1.165) is 77.7 Å². The van der Waals surface area contributed by atoms with Crippen LogP contribution in [0.5, 0.6) is 0 Å². The molecule has 2 aliphatic rings. The Bertz CT molecular complexity index is 630. The molecule has 1 N–H and O–H groups in total. The van der Waals surface area contributed by atoms with E-state index in [1.54, 1.807) is 0 Å². The van der Waals surface area contributed by atoms with Crippen LogP contribution in [-0.4, -0.2) is 54.5 Å². The van der Waals surface area contributed by atoms with E-state index < -0.39 is 0 Å². The second-order valence-electron chi connectivity index (χ2n) is 8.27. The molecule has 28 heavy (non-hydrogen) atoms. The van der Waals surface area contributed by atoms with Gasteiger partial charge in [-0.1, -0.05) is 31.2 Å². The molecule has 0 aliphatic carbocycles. The lowest BCUT2D eigenvalue weighted by atomic mass is 9.90. The number of benzene rings is 1. The van der Waals surface area contributed by atoms with E-state index in [1.165, 1.54) is 11.1 Å². The Morgan fingerprint density at radius 2 is 1.61 bits per heavy atom. The summed E-state index contributed by atoms with van der Waals surface area (Å²) in [5.41, 5.74) is 2.61. The molecule has 3 amide bonds. The van der Waals surface area contributed by atoms with E-state index >= 15 is 0 Å². The molecule has 0 radical (unpaired) electrons. The van der Waals surface area contributed by atoms with Crippen molar-refractivity contribution in [2.24, 2.45) is 5.92 Å². The summed E-state index contributed by atoms with van der Waals surface area (Å²) in [6.07, 6.45) is 7.98. The number of piperidine rings is 1. The second-order valence-corrected chi connectivity index (χ2v) is 8.27. The minimum Gasteiger partial charge on any atom is -0.343 e. The Morgan fingerprint density at radius 3 is 2.25 bits per heavy atom. The fourth-order valence-corrected chi connectivity index (χ4v) is 4.24. The molecule has 5 heteroatoms. The van der Waals surface area contributed by atoms with E-state index in [4.69, 9.17) is 0 Å². The van der Waals surface area contributed by atoms with Crippen molar-refractivity contribution in [3.8, 4) is 0 Å². The number of hydrogen-bond donors (Lipinski definition) is 1. The summed E-state index contributed by atoms with van der Waals surface area (Å²) in [6, 6.07) is 8.89. The minimum atomic E-state index is 0.0909. The number of aryl methyl sites for hydroxylation is 1. The first-order valence-corrected chi connectivity index (χ1v) is 11.0. The number of amides is 3. The van der Waals surface area contributed by atoms with Gasteiger partial charge in [0.25, 0.3) is 0 Å². The van der Waals surface area contributed by atoms with Crippen molar-refractivity contribution in [3.05, 3.63) is 35.4 Å². The van der Waals surface area contributed by atoms with Gasteiger partial charge in [0, 0.05) is 39.1 Å². The fraction of sp³-hybridized carbons (Fsp3) is 0.652.